The predicted octanol–water partition coefficient (Wildman–Crippen LogP) is 4.21. The molecule has 1 unspecified atom stereocenters. The molecule has 108 valence electrons. The number of aromatic nitrogens is 2. The van der Waals surface area contributed by atoms with Gasteiger partial charge in [-0.25, -0.2) is 0 Å². The van der Waals surface area contributed by atoms with E-state index in [-0.39, 0.29) is 0 Å². The van der Waals surface area contributed by atoms with Crippen LogP contribution in [0.2, 0.25) is 5.02 Å². The summed E-state index contributed by atoms with van der Waals surface area (Å²) >= 11 is 9.67. The molecule has 2 rings (SSSR count). The molecule has 1 aromatic heterocycles. The van der Waals surface area contributed by atoms with Crippen LogP contribution in [0.4, 0.5) is 0 Å². The van der Waals surface area contributed by atoms with Gasteiger partial charge in [-0.2, -0.15) is 5.10 Å². The van der Waals surface area contributed by atoms with Crippen LogP contribution in [0.1, 0.15) is 35.5 Å². The molecular weight excluding hydrogens is 340 g/mol. The maximum absolute atomic E-state index is 10.5. The summed E-state index contributed by atoms with van der Waals surface area (Å²) in [6, 6.07) is 5.62. The number of halogens is 2. The van der Waals surface area contributed by atoms with Gasteiger partial charge in [0.25, 0.3) is 0 Å². The van der Waals surface area contributed by atoms with Gasteiger partial charge in [0.1, 0.15) is 0 Å². The minimum absolute atomic E-state index is 0.510. The van der Waals surface area contributed by atoms with Crippen LogP contribution in [0, 0.1) is 13.8 Å². The van der Waals surface area contributed by atoms with Crippen LogP contribution < -0.4 is 0 Å². The zero-order valence-corrected chi connectivity index (χ0v) is 14.2. The summed E-state index contributed by atoms with van der Waals surface area (Å²) in [7, 11) is 0. The molecule has 5 heteroatoms. The third kappa shape index (κ3) is 2.92. The van der Waals surface area contributed by atoms with Crippen molar-refractivity contribution in [3.63, 3.8) is 0 Å². The number of aliphatic hydroxyl groups is 1. The summed E-state index contributed by atoms with van der Waals surface area (Å²) < 4.78 is 2.89. The van der Waals surface area contributed by atoms with E-state index in [2.05, 4.69) is 21.0 Å². The van der Waals surface area contributed by atoms with E-state index in [9.17, 15) is 5.11 Å². The Morgan fingerprint density at radius 2 is 2.10 bits per heavy atom. The lowest BCUT2D eigenvalue weighted by Gasteiger charge is -2.15. The number of benzene rings is 1. The van der Waals surface area contributed by atoms with E-state index in [1.54, 1.807) is 0 Å². The fourth-order valence-corrected chi connectivity index (χ4v) is 2.97. The van der Waals surface area contributed by atoms with Gasteiger partial charge >= 0.3 is 0 Å². The van der Waals surface area contributed by atoms with Crippen LogP contribution >= 0.6 is 27.5 Å². The first kappa shape index (κ1) is 15.5. The molecule has 1 atom stereocenters. The van der Waals surface area contributed by atoms with Crippen LogP contribution in [0.5, 0.6) is 0 Å². The van der Waals surface area contributed by atoms with Crippen molar-refractivity contribution in [2.45, 2.75) is 39.8 Å². The number of rotatable bonds is 4. The Morgan fingerprint density at radius 3 is 2.75 bits per heavy atom. The fraction of sp³-hybridized carbons (Fsp3) is 0.400. The van der Waals surface area contributed by atoms with Gasteiger partial charge in [-0.15, -0.1) is 0 Å². The van der Waals surface area contributed by atoms with Gasteiger partial charge in [-0.1, -0.05) is 23.7 Å². The normalized spacial score (nSPS) is 12.7. The minimum Gasteiger partial charge on any atom is -0.388 e. The smallest absolute Gasteiger partial charge is 0.0848 e. The number of aryl methyl sites for hydroxylation is 2. The van der Waals surface area contributed by atoms with Crippen LogP contribution in [0.3, 0.4) is 0 Å². The van der Waals surface area contributed by atoms with Crippen LogP contribution in [-0.4, -0.2) is 14.9 Å². The van der Waals surface area contributed by atoms with Gasteiger partial charge in [0.15, 0.2) is 0 Å². The summed E-state index contributed by atoms with van der Waals surface area (Å²) in [5, 5.41) is 15.6. The number of aliphatic hydroxyl groups excluding tert-OH is 1. The van der Waals surface area contributed by atoms with Crippen molar-refractivity contribution >= 4 is 27.5 Å². The van der Waals surface area contributed by atoms with E-state index in [1.165, 1.54) is 0 Å². The molecule has 0 bridgehead atoms. The molecular formula is C15H18BrClN2O. The van der Waals surface area contributed by atoms with Crippen LogP contribution in [-0.2, 0) is 13.0 Å². The third-order valence-electron chi connectivity index (χ3n) is 3.51. The van der Waals surface area contributed by atoms with Crippen molar-refractivity contribution < 1.29 is 5.11 Å². The lowest BCUT2D eigenvalue weighted by Crippen LogP contribution is -2.10. The first-order valence-electron chi connectivity index (χ1n) is 6.60. The maximum Gasteiger partial charge on any atom is 0.0848 e. The largest absolute Gasteiger partial charge is 0.388 e. The highest BCUT2D eigenvalue weighted by Crippen LogP contribution is 2.29. The second-order valence-electron chi connectivity index (χ2n) is 4.84. The van der Waals surface area contributed by atoms with Crippen molar-refractivity contribution in [1.82, 2.24) is 9.78 Å². The molecule has 0 aliphatic rings. The molecule has 0 fully saturated rings. The monoisotopic (exact) mass is 356 g/mol. The van der Waals surface area contributed by atoms with Gasteiger partial charge in [0.05, 0.1) is 22.0 Å². The molecule has 0 radical (unpaired) electrons. The third-order valence-corrected chi connectivity index (χ3v) is 4.95. The quantitative estimate of drug-likeness (QED) is 0.890. The highest BCUT2D eigenvalue weighted by atomic mass is 79.9. The van der Waals surface area contributed by atoms with Gasteiger partial charge in [-0.05, 0) is 53.9 Å². The highest BCUT2D eigenvalue weighted by Gasteiger charge is 2.19. The summed E-state index contributed by atoms with van der Waals surface area (Å²) in [4.78, 5) is 0. The van der Waals surface area contributed by atoms with Crippen molar-refractivity contribution in [2.75, 3.05) is 0 Å². The van der Waals surface area contributed by atoms with Crippen LogP contribution in [0.15, 0.2) is 22.7 Å². The second kappa shape index (κ2) is 6.29. The van der Waals surface area contributed by atoms with E-state index in [0.717, 1.165) is 33.5 Å². The zero-order chi connectivity index (χ0) is 14.9. The Labute approximate surface area is 132 Å². The van der Waals surface area contributed by atoms with Gasteiger partial charge in [0, 0.05) is 18.0 Å². The second-order valence-corrected chi connectivity index (χ2v) is 6.04. The molecule has 3 nitrogen and oxygen atoms in total. The zero-order valence-electron chi connectivity index (χ0n) is 11.8. The van der Waals surface area contributed by atoms with E-state index < -0.39 is 6.10 Å². The topological polar surface area (TPSA) is 38.0 Å². The van der Waals surface area contributed by atoms with E-state index in [0.29, 0.717) is 11.4 Å². The Hall–Kier alpha value is -0.840. The van der Waals surface area contributed by atoms with Crippen LogP contribution in [0.25, 0.3) is 0 Å². The SMILES string of the molecule is CCn1nc(C)c(Br)c1CC(O)c1cccc(Cl)c1C. The van der Waals surface area contributed by atoms with Gasteiger partial charge < -0.3 is 5.11 Å². The van der Waals surface area contributed by atoms with Crippen molar-refractivity contribution in [3.05, 3.63) is 50.2 Å². The molecule has 0 saturated carbocycles. The molecule has 2 aromatic rings. The Morgan fingerprint density at radius 1 is 1.40 bits per heavy atom. The molecule has 0 aliphatic heterocycles. The molecule has 0 saturated heterocycles. The summed E-state index contributed by atoms with van der Waals surface area (Å²) in [6.45, 7) is 6.71. The van der Waals surface area contributed by atoms with Crippen molar-refractivity contribution in [1.29, 1.82) is 0 Å². The standard InChI is InChI=1S/C15H18BrClN2O/c1-4-19-13(15(16)10(3)18-19)8-14(20)11-6-5-7-12(17)9(11)2/h5-7,14,20H,4,8H2,1-3H3. The molecule has 1 heterocycles. The van der Waals surface area contributed by atoms with E-state index in [1.807, 2.05) is 43.7 Å². The molecule has 20 heavy (non-hydrogen) atoms. The molecule has 1 aromatic carbocycles. The average Bonchev–Trinajstić information content (AvgIpc) is 2.69. The lowest BCUT2D eigenvalue weighted by molar-refractivity contribution is 0.174. The number of nitrogens with zero attached hydrogens (tertiary/aromatic N) is 2. The Bertz CT molecular complexity index is 625. The fourth-order valence-electron chi connectivity index (χ4n) is 2.34. The van der Waals surface area contributed by atoms with E-state index in [4.69, 9.17) is 11.6 Å². The Balaban J connectivity index is 2.32. The number of hydrogen-bond acceptors (Lipinski definition) is 2. The van der Waals surface area contributed by atoms with Crippen molar-refractivity contribution in [2.24, 2.45) is 0 Å². The lowest BCUT2D eigenvalue weighted by atomic mass is 10.00. The predicted molar refractivity (Wildman–Crippen MR) is 85.2 cm³/mol. The average molecular weight is 358 g/mol. The molecule has 0 amide bonds. The maximum atomic E-state index is 10.5. The van der Waals surface area contributed by atoms with Gasteiger partial charge in [-0.3, -0.25) is 4.68 Å². The molecule has 0 aliphatic carbocycles. The summed E-state index contributed by atoms with van der Waals surface area (Å²) in [5.74, 6) is 0. The summed E-state index contributed by atoms with van der Waals surface area (Å²) in [5.41, 5.74) is 3.75. The first-order valence-corrected chi connectivity index (χ1v) is 7.77. The van der Waals surface area contributed by atoms with E-state index >= 15 is 0 Å². The minimum atomic E-state index is -0.591. The summed E-state index contributed by atoms with van der Waals surface area (Å²) in [6.07, 6.45) is -0.0809. The first-order chi connectivity index (χ1) is 9.45. The number of hydrogen-bond donors (Lipinski definition) is 1. The Kier molecular flexibility index (Phi) is 4.89. The molecule has 1 N–H and O–H groups in total. The molecule has 0 spiro atoms. The van der Waals surface area contributed by atoms with Gasteiger partial charge in [0.2, 0.25) is 0 Å². The highest BCUT2D eigenvalue weighted by molar-refractivity contribution is 9.10. The van der Waals surface area contributed by atoms with Crippen molar-refractivity contribution in [3.8, 4) is 0 Å².